The maximum Gasteiger partial charge on any atom is 0.164 e. The van der Waals surface area contributed by atoms with Crippen LogP contribution in [0, 0.1) is 0 Å². The number of fused-ring (bicyclic) bond motifs is 13. The predicted octanol–water partition coefficient (Wildman–Crippen LogP) is 13.3. The summed E-state index contributed by atoms with van der Waals surface area (Å²) < 4.78 is 7.15. The Bertz CT molecular complexity index is 3110. The highest BCUT2D eigenvalue weighted by Gasteiger charge is 2.52. The molecule has 0 unspecified atom stereocenters. The van der Waals surface area contributed by atoms with Gasteiger partial charge in [-0.15, -0.1) is 0 Å². The molecule has 0 amide bonds. The third kappa shape index (κ3) is 4.72. The molecular weight excluding hydrogens is 707 g/mol. The summed E-state index contributed by atoms with van der Waals surface area (Å²) in [6.45, 7) is 0. The van der Waals surface area contributed by atoms with Crippen molar-refractivity contribution < 1.29 is 4.74 Å². The minimum Gasteiger partial charge on any atom is -0.455 e. The SMILES string of the molecule is c1ccc(-c2nc(-c3ccccc3)nc(-c3ccc(-c4cccc5c4-c4ccccc4C54c5ccc6ccccc6c5Oc5c4ccc4ccccc54)cc3)n2)cc1. The maximum absolute atomic E-state index is 7.15. The molecule has 0 atom stereocenters. The molecule has 1 aromatic heterocycles. The van der Waals surface area contributed by atoms with E-state index in [1.54, 1.807) is 0 Å². The summed E-state index contributed by atoms with van der Waals surface area (Å²) >= 11 is 0. The van der Waals surface area contributed by atoms with Gasteiger partial charge < -0.3 is 4.74 Å². The van der Waals surface area contributed by atoms with Crippen molar-refractivity contribution in [1.29, 1.82) is 0 Å². The van der Waals surface area contributed by atoms with Crippen LogP contribution in [0.15, 0.2) is 200 Å². The lowest BCUT2D eigenvalue weighted by atomic mass is 9.65. The lowest BCUT2D eigenvalue weighted by Crippen LogP contribution is -2.32. The van der Waals surface area contributed by atoms with Crippen LogP contribution in [0.4, 0.5) is 0 Å². The first-order valence-corrected chi connectivity index (χ1v) is 19.7. The number of rotatable bonds is 4. The van der Waals surface area contributed by atoms with E-state index >= 15 is 0 Å². The van der Waals surface area contributed by atoms with E-state index in [2.05, 4.69) is 140 Å². The summed E-state index contributed by atoms with van der Waals surface area (Å²) in [5.74, 6) is 3.77. The Morgan fingerprint density at radius 3 is 1.34 bits per heavy atom. The Hall–Kier alpha value is -7.69. The minimum atomic E-state index is -0.606. The molecule has 0 radical (unpaired) electrons. The Kier molecular flexibility index (Phi) is 7.11. The van der Waals surface area contributed by atoms with Gasteiger partial charge in [-0.25, -0.2) is 15.0 Å². The number of aromatic nitrogens is 3. The molecule has 10 aromatic rings. The Balaban J connectivity index is 1.06. The number of hydrogen-bond acceptors (Lipinski definition) is 4. The first-order chi connectivity index (χ1) is 28.8. The lowest BCUT2D eigenvalue weighted by molar-refractivity contribution is 0.447. The summed E-state index contributed by atoms with van der Waals surface area (Å²) in [6, 6.07) is 70.9. The highest BCUT2D eigenvalue weighted by atomic mass is 16.5. The third-order valence-corrected chi connectivity index (χ3v) is 12.0. The Labute approximate surface area is 335 Å². The van der Waals surface area contributed by atoms with E-state index in [9.17, 15) is 0 Å². The van der Waals surface area contributed by atoms with Crippen molar-refractivity contribution in [3.8, 4) is 67.9 Å². The normalized spacial score (nSPS) is 13.1. The first-order valence-electron chi connectivity index (χ1n) is 19.7. The van der Waals surface area contributed by atoms with Gasteiger partial charge in [0.1, 0.15) is 11.5 Å². The quantitative estimate of drug-likeness (QED) is 0.180. The van der Waals surface area contributed by atoms with Gasteiger partial charge in [0.25, 0.3) is 0 Å². The highest BCUT2D eigenvalue weighted by molar-refractivity contribution is 6.02. The lowest BCUT2D eigenvalue weighted by Gasteiger charge is -2.40. The fraction of sp³-hybridized carbons (Fsp3) is 0.0185. The second-order valence-corrected chi connectivity index (χ2v) is 15.1. The van der Waals surface area contributed by atoms with Gasteiger partial charge in [-0.1, -0.05) is 200 Å². The molecule has 9 aromatic carbocycles. The third-order valence-electron chi connectivity index (χ3n) is 12.0. The van der Waals surface area contributed by atoms with Crippen LogP contribution in [0.5, 0.6) is 11.5 Å². The van der Waals surface area contributed by atoms with Crippen molar-refractivity contribution in [3.05, 3.63) is 222 Å². The molecular formula is C54H33N3O. The highest BCUT2D eigenvalue weighted by Crippen LogP contribution is 2.65. The van der Waals surface area contributed by atoms with Gasteiger partial charge in [-0.05, 0) is 44.2 Å². The average molecular weight is 740 g/mol. The number of ether oxygens (including phenoxy) is 1. The molecule has 0 saturated carbocycles. The van der Waals surface area contributed by atoms with Gasteiger partial charge in [0, 0.05) is 38.6 Å². The Morgan fingerprint density at radius 1 is 0.310 bits per heavy atom. The summed E-state index contributed by atoms with van der Waals surface area (Å²) in [4.78, 5) is 14.9. The van der Waals surface area contributed by atoms with Crippen LogP contribution >= 0.6 is 0 Å². The largest absolute Gasteiger partial charge is 0.455 e. The molecule has 4 heteroatoms. The van der Waals surface area contributed by atoms with Gasteiger partial charge in [0.05, 0.1) is 5.41 Å². The molecule has 0 N–H and O–H groups in total. The van der Waals surface area contributed by atoms with E-state index in [0.717, 1.165) is 66.4 Å². The molecule has 270 valence electrons. The summed E-state index contributed by atoms with van der Waals surface area (Å²) in [6.07, 6.45) is 0. The van der Waals surface area contributed by atoms with E-state index in [4.69, 9.17) is 19.7 Å². The fourth-order valence-electron chi connectivity index (χ4n) is 9.43. The van der Waals surface area contributed by atoms with E-state index < -0.39 is 5.41 Å². The minimum absolute atomic E-state index is 0.606. The molecule has 4 nitrogen and oxygen atoms in total. The van der Waals surface area contributed by atoms with Crippen molar-refractivity contribution >= 4 is 21.5 Å². The summed E-state index contributed by atoms with van der Waals surface area (Å²) in [5, 5.41) is 4.54. The molecule has 1 aliphatic carbocycles. The first kappa shape index (κ1) is 32.5. The van der Waals surface area contributed by atoms with Crippen molar-refractivity contribution in [2.24, 2.45) is 0 Å². The Morgan fingerprint density at radius 2 is 0.759 bits per heavy atom. The van der Waals surface area contributed by atoms with Crippen LogP contribution < -0.4 is 4.74 Å². The topological polar surface area (TPSA) is 47.9 Å². The monoisotopic (exact) mass is 739 g/mol. The van der Waals surface area contributed by atoms with E-state index in [1.807, 2.05) is 60.7 Å². The summed E-state index contributed by atoms with van der Waals surface area (Å²) in [7, 11) is 0. The zero-order valence-corrected chi connectivity index (χ0v) is 31.3. The van der Waals surface area contributed by atoms with Crippen molar-refractivity contribution in [2.75, 3.05) is 0 Å². The number of benzene rings is 9. The smallest absolute Gasteiger partial charge is 0.164 e. The van der Waals surface area contributed by atoms with Crippen LogP contribution in [0.1, 0.15) is 22.3 Å². The number of hydrogen-bond donors (Lipinski definition) is 0. The second kappa shape index (κ2) is 12.7. The molecule has 12 rings (SSSR count). The molecule has 1 aliphatic heterocycles. The van der Waals surface area contributed by atoms with E-state index in [0.29, 0.717) is 17.5 Å². The van der Waals surface area contributed by atoms with Crippen molar-refractivity contribution in [3.63, 3.8) is 0 Å². The van der Waals surface area contributed by atoms with Gasteiger partial charge in [0.15, 0.2) is 17.5 Å². The van der Waals surface area contributed by atoms with Crippen molar-refractivity contribution in [1.82, 2.24) is 15.0 Å². The maximum atomic E-state index is 7.15. The van der Waals surface area contributed by atoms with Gasteiger partial charge >= 0.3 is 0 Å². The zero-order chi connectivity index (χ0) is 38.2. The van der Waals surface area contributed by atoms with Crippen LogP contribution in [0.2, 0.25) is 0 Å². The van der Waals surface area contributed by atoms with Crippen LogP contribution in [0.25, 0.3) is 78.0 Å². The standard InChI is InChI=1S/C54H33N3O/c1-3-16-37(17-4-1)51-55-52(38-18-5-2-6-19-38)57-53(56-51)39-28-26-36(27-29-39)40-23-13-25-45-48(40)43-22-11-12-24-44(43)54(45)46-32-30-34-14-7-9-20-41(34)49(46)58-50-42-21-10-8-15-35(42)31-33-47(50)54/h1-33H. The molecule has 0 bridgehead atoms. The molecule has 1 spiro atoms. The van der Waals surface area contributed by atoms with E-state index in [1.165, 1.54) is 27.8 Å². The van der Waals surface area contributed by atoms with Gasteiger partial charge in [0.2, 0.25) is 0 Å². The molecule has 58 heavy (non-hydrogen) atoms. The van der Waals surface area contributed by atoms with E-state index in [-0.39, 0.29) is 0 Å². The molecule has 0 fully saturated rings. The zero-order valence-electron chi connectivity index (χ0n) is 31.3. The van der Waals surface area contributed by atoms with Gasteiger partial charge in [-0.3, -0.25) is 0 Å². The number of nitrogens with zero attached hydrogens (tertiary/aromatic N) is 3. The molecule has 2 heterocycles. The van der Waals surface area contributed by atoms with Crippen LogP contribution in [0.3, 0.4) is 0 Å². The van der Waals surface area contributed by atoms with Crippen LogP contribution in [-0.4, -0.2) is 15.0 Å². The molecule has 0 saturated heterocycles. The fourth-order valence-corrected chi connectivity index (χ4v) is 9.43. The predicted molar refractivity (Wildman–Crippen MR) is 234 cm³/mol. The summed E-state index contributed by atoms with van der Waals surface area (Å²) in [5.41, 5.74) is 11.8. The molecule has 2 aliphatic rings. The van der Waals surface area contributed by atoms with Crippen molar-refractivity contribution in [2.45, 2.75) is 5.41 Å². The second-order valence-electron chi connectivity index (χ2n) is 15.1. The average Bonchev–Trinajstić information content (AvgIpc) is 3.60. The van der Waals surface area contributed by atoms with Crippen LogP contribution in [-0.2, 0) is 5.41 Å². The van der Waals surface area contributed by atoms with Gasteiger partial charge in [-0.2, -0.15) is 0 Å².